The lowest BCUT2D eigenvalue weighted by atomic mass is 9.48. The van der Waals surface area contributed by atoms with Crippen LogP contribution in [0.4, 0.5) is 0 Å². The zero-order valence-electron chi connectivity index (χ0n) is 13.3. The van der Waals surface area contributed by atoms with E-state index in [1.807, 2.05) is 0 Å². The second kappa shape index (κ2) is 5.91. The van der Waals surface area contributed by atoms with Gasteiger partial charge in [-0.3, -0.25) is 4.79 Å². The summed E-state index contributed by atoms with van der Waals surface area (Å²) in [6.45, 7) is 3.73. The van der Waals surface area contributed by atoms with Gasteiger partial charge in [0.15, 0.2) is 12.1 Å². The van der Waals surface area contributed by atoms with Crippen molar-refractivity contribution in [2.75, 3.05) is 13.2 Å². The highest BCUT2D eigenvalue weighted by molar-refractivity contribution is 5.96. The van der Waals surface area contributed by atoms with E-state index >= 15 is 0 Å². The molecule has 0 aromatic rings. The molecule has 4 rings (SSSR count). The van der Waals surface area contributed by atoms with E-state index in [4.69, 9.17) is 14.6 Å². The average molecular weight is 328 g/mol. The van der Waals surface area contributed by atoms with Gasteiger partial charge in [-0.25, -0.2) is 0 Å². The van der Waals surface area contributed by atoms with Crippen LogP contribution in [0.1, 0.15) is 20.3 Å². The van der Waals surface area contributed by atoms with Crippen molar-refractivity contribution in [2.24, 2.45) is 17.3 Å². The Hall–Kier alpha value is -0.830. The highest BCUT2D eigenvalue weighted by atomic mass is 16.7. The Kier molecular flexibility index (Phi) is 4.37. The largest absolute Gasteiger partial charge is 0.394 e. The standard InChI is InChI=1S/C16H24O7/c1-16(2)8-4-9(16)10(18)3-7(8)6-22-15-14(21)13(20)12(19)11(5-17)23-15/h3,8-9,11-15,17,19-21H,4-6H2,1-2H3/t8-,9+,11-,12-,13+,14-,15-/m1/s1. The summed E-state index contributed by atoms with van der Waals surface area (Å²) in [5.41, 5.74) is 0.777. The minimum atomic E-state index is -1.46. The van der Waals surface area contributed by atoms with E-state index in [9.17, 15) is 20.1 Å². The summed E-state index contributed by atoms with van der Waals surface area (Å²) in [6, 6.07) is 0. The molecule has 0 aromatic heterocycles. The molecule has 2 fully saturated rings. The summed E-state index contributed by atoms with van der Waals surface area (Å²) in [5.74, 6) is 0.434. The van der Waals surface area contributed by atoms with Crippen molar-refractivity contribution >= 4 is 5.78 Å². The third kappa shape index (κ3) is 2.65. The quantitative estimate of drug-likeness (QED) is 0.521. The van der Waals surface area contributed by atoms with Crippen molar-refractivity contribution in [2.45, 2.75) is 51.0 Å². The maximum absolute atomic E-state index is 12.0. The molecule has 4 N–H and O–H groups in total. The number of hydrogen-bond donors (Lipinski definition) is 4. The Balaban J connectivity index is 1.65. The first-order chi connectivity index (χ1) is 10.8. The topological polar surface area (TPSA) is 116 Å². The maximum Gasteiger partial charge on any atom is 0.187 e. The van der Waals surface area contributed by atoms with Gasteiger partial charge >= 0.3 is 0 Å². The van der Waals surface area contributed by atoms with Crippen molar-refractivity contribution in [1.82, 2.24) is 0 Å². The Bertz CT molecular complexity index is 513. The van der Waals surface area contributed by atoms with E-state index in [2.05, 4.69) is 13.8 Å². The fraction of sp³-hybridized carbons (Fsp3) is 0.812. The normalized spacial score (nSPS) is 45.4. The molecule has 4 aliphatic rings. The summed E-state index contributed by atoms with van der Waals surface area (Å²) in [4.78, 5) is 12.0. The van der Waals surface area contributed by atoms with Gasteiger partial charge in [-0.15, -0.1) is 0 Å². The lowest BCUT2D eigenvalue weighted by molar-refractivity contribution is -0.299. The van der Waals surface area contributed by atoms with E-state index < -0.39 is 37.3 Å². The molecule has 7 atom stereocenters. The van der Waals surface area contributed by atoms with E-state index in [1.165, 1.54) is 0 Å². The molecule has 23 heavy (non-hydrogen) atoms. The number of rotatable bonds is 4. The molecule has 130 valence electrons. The van der Waals surface area contributed by atoms with Gasteiger partial charge in [0.25, 0.3) is 0 Å². The Morgan fingerprint density at radius 1 is 1.22 bits per heavy atom. The van der Waals surface area contributed by atoms with Crippen LogP contribution < -0.4 is 0 Å². The molecule has 2 bridgehead atoms. The highest BCUT2D eigenvalue weighted by Gasteiger charge is 2.55. The van der Waals surface area contributed by atoms with Crippen LogP contribution in [0.15, 0.2) is 11.6 Å². The van der Waals surface area contributed by atoms with E-state index in [0.29, 0.717) is 0 Å². The lowest BCUT2D eigenvalue weighted by Gasteiger charge is -2.55. The number of carbonyl (C=O) groups is 1. The molecular formula is C16H24O7. The Morgan fingerprint density at radius 2 is 1.91 bits per heavy atom. The number of hydrogen-bond acceptors (Lipinski definition) is 7. The number of aliphatic hydroxyl groups is 4. The second-order valence-corrected chi connectivity index (χ2v) is 7.29. The maximum atomic E-state index is 12.0. The summed E-state index contributed by atoms with van der Waals surface area (Å²) in [6.07, 6.45) is -4.03. The van der Waals surface area contributed by atoms with E-state index in [-0.39, 0.29) is 29.6 Å². The van der Waals surface area contributed by atoms with Crippen LogP contribution in [0.25, 0.3) is 0 Å². The fourth-order valence-electron chi connectivity index (χ4n) is 3.95. The minimum Gasteiger partial charge on any atom is -0.394 e. The summed E-state index contributed by atoms with van der Waals surface area (Å²) >= 11 is 0. The molecular weight excluding hydrogens is 304 g/mol. The van der Waals surface area contributed by atoms with Gasteiger partial charge in [-0.2, -0.15) is 0 Å². The first-order valence-corrected chi connectivity index (χ1v) is 7.93. The van der Waals surface area contributed by atoms with Crippen molar-refractivity contribution in [3.05, 3.63) is 11.6 Å². The van der Waals surface area contributed by atoms with Crippen LogP contribution >= 0.6 is 0 Å². The molecule has 3 aliphatic carbocycles. The van der Waals surface area contributed by atoms with Crippen LogP contribution in [-0.4, -0.2) is 70.1 Å². The van der Waals surface area contributed by atoms with Crippen molar-refractivity contribution in [3.8, 4) is 0 Å². The summed E-state index contributed by atoms with van der Waals surface area (Å²) in [7, 11) is 0. The number of fused-ring (bicyclic) bond motifs is 1. The number of allylic oxidation sites excluding steroid dienone is 1. The van der Waals surface area contributed by atoms with Gasteiger partial charge in [0.2, 0.25) is 0 Å². The molecule has 7 heteroatoms. The molecule has 0 unspecified atom stereocenters. The van der Waals surface area contributed by atoms with E-state index in [1.54, 1.807) is 6.08 Å². The smallest absolute Gasteiger partial charge is 0.187 e. The van der Waals surface area contributed by atoms with E-state index in [0.717, 1.165) is 12.0 Å². The average Bonchev–Trinajstić information content (AvgIpc) is 2.51. The van der Waals surface area contributed by atoms with Gasteiger partial charge in [-0.1, -0.05) is 13.8 Å². The van der Waals surface area contributed by atoms with Crippen molar-refractivity contribution in [1.29, 1.82) is 0 Å². The van der Waals surface area contributed by atoms with Crippen molar-refractivity contribution < 1.29 is 34.7 Å². The number of ketones is 1. The van der Waals surface area contributed by atoms with Gasteiger partial charge < -0.3 is 29.9 Å². The number of aliphatic hydroxyl groups excluding tert-OH is 4. The Morgan fingerprint density at radius 3 is 2.48 bits per heavy atom. The minimum absolute atomic E-state index is 0.0727. The monoisotopic (exact) mass is 328 g/mol. The predicted molar refractivity (Wildman–Crippen MR) is 78.2 cm³/mol. The zero-order chi connectivity index (χ0) is 16.9. The number of carbonyl (C=O) groups excluding carboxylic acids is 1. The molecule has 1 aliphatic heterocycles. The van der Waals surface area contributed by atoms with Gasteiger partial charge in [0.05, 0.1) is 13.2 Å². The lowest BCUT2D eigenvalue weighted by Crippen LogP contribution is -2.59. The summed E-state index contributed by atoms with van der Waals surface area (Å²) < 4.78 is 10.9. The highest BCUT2D eigenvalue weighted by Crippen LogP contribution is 2.57. The molecule has 1 heterocycles. The fourth-order valence-corrected chi connectivity index (χ4v) is 3.95. The first kappa shape index (κ1) is 17.0. The molecule has 0 amide bonds. The predicted octanol–water partition coefficient (Wildman–Crippen LogP) is -1.03. The molecule has 0 aromatic carbocycles. The SMILES string of the molecule is CC1(C)[C@@H]2C[C@H]1C(=O)C=C2CO[C@@H]1O[C@H](CO)[C@@H](O)[C@H](O)[C@H]1O. The van der Waals surface area contributed by atoms with Crippen LogP contribution in [0.5, 0.6) is 0 Å². The molecule has 1 saturated heterocycles. The number of ether oxygens (including phenoxy) is 2. The van der Waals surface area contributed by atoms with Gasteiger partial charge in [0, 0.05) is 5.92 Å². The third-order valence-corrected chi connectivity index (χ3v) is 5.65. The van der Waals surface area contributed by atoms with Crippen LogP contribution in [0.2, 0.25) is 0 Å². The van der Waals surface area contributed by atoms with Crippen molar-refractivity contribution in [3.63, 3.8) is 0 Å². The second-order valence-electron chi connectivity index (χ2n) is 7.29. The van der Waals surface area contributed by atoms with Crippen LogP contribution in [0.3, 0.4) is 0 Å². The van der Waals surface area contributed by atoms with Gasteiger partial charge in [-0.05, 0) is 29.4 Å². The first-order valence-electron chi connectivity index (χ1n) is 7.93. The molecule has 0 spiro atoms. The summed E-state index contributed by atoms with van der Waals surface area (Å²) in [5, 5.41) is 38.6. The van der Waals surface area contributed by atoms with Crippen LogP contribution in [0, 0.1) is 17.3 Å². The molecule has 7 nitrogen and oxygen atoms in total. The molecule has 0 radical (unpaired) electrons. The van der Waals surface area contributed by atoms with Gasteiger partial charge in [0.1, 0.15) is 24.4 Å². The van der Waals surface area contributed by atoms with Crippen LogP contribution in [-0.2, 0) is 14.3 Å². The molecule has 1 saturated carbocycles. The Labute approximate surface area is 134 Å². The third-order valence-electron chi connectivity index (χ3n) is 5.65. The zero-order valence-corrected chi connectivity index (χ0v) is 13.3.